The number of nitrogens with zero attached hydrogens (tertiary/aromatic N) is 3. The van der Waals surface area contributed by atoms with Gasteiger partial charge in [-0.2, -0.15) is 8.42 Å². The van der Waals surface area contributed by atoms with E-state index in [9.17, 15) is 12.3 Å². The fourth-order valence-electron chi connectivity index (χ4n) is 4.72. The number of rotatable bonds is 5. The average molecular weight is 504 g/mol. The van der Waals surface area contributed by atoms with Gasteiger partial charge in [-0.05, 0) is 52.9 Å². The first kappa shape index (κ1) is 22.5. The number of anilines is 1. The van der Waals surface area contributed by atoms with Crippen molar-refractivity contribution in [3.8, 4) is 28.1 Å². The lowest BCUT2D eigenvalue weighted by Crippen LogP contribution is -2.36. The second-order valence-electron chi connectivity index (χ2n) is 8.57. The van der Waals surface area contributed by atoms with Crippen molar-refractivity contribution in [2.24, 2.45) is 0 Å². The molecular formula is C27H22FN3O4S. The summed E-state index contributed by atoms with van der Waals surface area (Å²) >= 11 is 0. The Labute approximate surface area is 207 Å². The van der Waals surface area contributed by atoms with Crippen LogP contribution in [0.3, 0.4) is 0 Å². The molecule has 1 fully saturated rings. The largest absolute Gasteiger partial charge is 0.488 e. The molecule has 0 bridgehead atoms. The monoisotopic (exact) mass is 503 g/mol. The molecule has 0 saturated carbocycles. The fourth-order valence-corrected chi connectivity index (χ4v) is 5.08. The molecule has 5 aromatic rings. The summed E-state index contributed by atoms with van der Waals surface area (Å²) in [4.78, 5) is 6.93. The molecular weight excluding hydrogens is 481 g/mol. The Morgan fingerprint density at radius 2 is 1.64 bits per heavy atom. The smallest absolute Gasteiger partial charge is 0.378 e. The Hall–Kier alpha value is -3.95. The number of hydrogen-bond acceptors (Lipinski definition) is 6. The van der Waals surface area contributed by atoms with Gasteiger partial charge in [0.05, 0.1) is 25.1 Å². The van der Waals surface area contributed by atoms with Crippen LogP contribution in [-0.2, 0) is 15.2 Å². The van der Waals surface area contributed by atoms with Crippen LogP contribution in [0.15, 0.2) is 85.2 Å². The average Bonchev–Trinajstić information content (AvgIpc) is 3.32. The number of pyridine rings is 1. The Morgan fingerprint density at radius 3 is 2.39 bits per heavy atom. The van der Waals surface area contributed by atoms with Gasteiger partial charge in [0.15, 0.2) is 5.75 Å². The maximum absolute atomic E-state index is 13.2. The zero-order valence-electron chi connectivity index (χ0n) is 19.2. The third-order valence-electron chi connectivity index (χ3n) is 6.44. The zero-order chi connectivity index (χ0) is 24.7. The molecule has 0 unspecified atom stereocenters. The molecule has 6 rings (SSSR count). The maximum atomic E-state index is 13.2. The molecule has 1 aliphatic heterocycles. The number of benzene rings is 3. The first-order valence-electron chi connectivity index (χ1n) is 11.5. The van der Waals surface area contributed by atoms with Crippen LogP contribution in [0.25, 0.3) is 38.8 Å². The predicted molar refractivity (Wildman–Crippen MR) is 137 cm³/mol. The van der Waals surface area contributed by atoms with Gasteiger partial charge in [-0.15, -0.1) is 0 Å². The summed E-state index contributed by atoms with van der Waals surface area (Å²) in [6.07, 6.45) is 3.74. The van der Waals surface area contributed by atoms with E-state index < -0.39 is 10.5 Å². The van der Waals surface area contributed by atoms with Gasteiger partial charge in [0, 0.05) is 35.9 Å². The summed E-state index contributed by atoms with van der Waals surface area (Å²) in [5, 5.41) is 1.21. The van der Waals surface area contributed by atoms with E-state index in [1.54, 1.807) is 24.4 Å². The van der Waals surface area contributed by atoms with E-state index >= 15 is 0 Å². The lowest BCUT2D eigenvalue weighted by Gasteiger charge is -2.28. The molecule has 0 spiro atoms. The van der Waals surface area contributed by atoms with E-state index in [1.165, 1.54) is 11.8 Å². The molecule has 2 aromatic heterocycles. The fraction of sp³-hybridized carbons (Fsp3) is 0.148. The third kappa shape index (κ3) is 4.27. The molecule has 36 heavy (non-hydrogen) atoms. The normalized spacial score (nSPS) is 14.4. The molecule has 0 atom stereocenters. The van der Waals surface area contributed by atoms with Gasteiger partial charge in [-0.3, -0.25) is 4.40 Å². The van der Waals surface area contributed by atoms with Gasteiger partial charge in [0.2, 0.25) is 0 Å². The minimum absolute atomic E-state index is 0.0616. The highest BCUT2D eigenvalue weighted by Crippen LogP contribution is 2.36. The van der Waals surface area contributed by atoms with Crippen LogP contribution < -0.4 is 9.08 Å². The summed E-state index contributed by atoms with van der Waals surface area (Å²) in [7, 11) is -5.14. The third-order valence-corrected chi connectivity index (χ3v) is 6.82. The van der Waals surface area contributed by atoms with Gasteiger partial charge in [0.1, 0.15) is 5.65 Å². The van der Waals surface area contributed by atoms with E-state index in [-0.39, 0.29) is 5.75 Å². The standard InChI is InChI=1S/C27H22FN3O4S/c28-36(32,33)35-26-10-9-23(22-3-1-2-4-24(22)26)25-18-29-27-17-20(11-12-31(25)27)19-5-7-21(8-6-19)30-13-15-34-16-14-30/h1-12,17-18H,13-16H2. The van der Waals surface area contributed by atoms with Crippen LogP contribution in [0.1, 0.15) is 0 Å². The maximum Gasteiger partial charge on any atom is 0.488 e. The number of ether oxygens (including phenoxy) is 1. The van der Waals surface area contributed by atoms with Crippen molar-refractivity contribution in [2.45, 2.75) is 0 Å². The summed E-state index contributed by atoms with van der Waals surface area (Å²) in [6, 6.07) is 22.9. The van der Waals surface area contributed by atoms with Gasteiger partial charge in [-0.25, -0.2) is 4.98 Å². The predicted octanol–water partition coefficient (Wildman–Crippen LogP) is 5.25. The molecule has 1 saturated heterocycles. The van der Waals surface area contributed by atoms with Crippen molar-refractivity contribution < 1.29 is 21.2 Å². The quantitative estimate of drug-likeness (QED) is 0.305. The van der Waals surface area contributed by atoms with Gasteiger partial charge in [0.25, 0.3) is 0 Å². The summed E-state index contributed by atoms with van der Waals surface area (Å²) < 4.78 is 47.3. The topological polar surface area (TPSA) is 73.1 Å². The molecule has 1 aliphatic rings. The van der Waals surface area contributed by atoms with E-state index in [0.29, 0.717) is 5.39 Å². The first-order valence-corrected chi connectivity index (χ1v) is 12.8. The molecule has 0 N–H and O–H groups in total. The van der Waals surface area contributed by atoms with E-state index in [1.807, 2.05) is 34.9 Å². The Kier molecular flexibility index (Phi) is 5.58. The number of hydrogen-bond donors (Lipinski definition) is 0. The molecule has 9 heteroatoms. The lowest BCUT2D eigenvalue weighted by atomic mass is 10.0. The van der Waals surface area contributed by atoms with E-state index in [0.717, 1.165) is 59.7 Å². The number of fused-ring (bicyclic) bond motifs is 2. The highest BCUT2D eigenvalue weighted by Gasteiger charge is 2.17. The van der Waals surface area contributed by atoms with Crippen molar-refractivity contribution >= 4 is 32.6 Å². The van der Waals surface area contributed by atoms with Gasteiger partial charge < -0.3 is 13.8 Å². The minimum Gasteiger partial charge on any atom is -0.378 e. The first-order chi connectivity index (χ1) is 17.5. The molecule has 7 nitrogen and oxygen atoms in total. The molecule has 0 amide bonds. The number of halogens is 1. The molecule has 3 aromatic carbocycles. The Morgan fingerprint density at radius 1 is 0.889 bits per heavy atom. The van der Waals surface area contributed by atoms with Crippen molar-refractivity contribution in [3.05, 3.63) is 85.2 Å². The summed E-state index contributed by atoms with van der Waals surface area (Å²) in [5.74, 6) is -0.0616. The van der Waals surface area contributed by atoms with Crippen LogP contribution in [0.2, 0.25) is 0 Å². The Balaban J connectivity index is 1.36. The highest BCUT2D eigenvalue weighted by atomic mass is 32.3. The van der Waals surface area contributed by atoms with Crippen LogP contribution in [0, 0.1) is 0 Å². The van der Waals surface area contributed by atoms with Gasteiger partial charge >= 0.3 is 10.5 Å². The van der Waals surface area contributed by atoms with Crippen LogP contribution in [0.5, 0.6) is 5.75 Å². The van der Waals surface area contributed by atoms with Gasteiger partial charge in [-0.1, -0.05) is 40.3 Å². The molecule has 3 heterocycles. The van der Waals surface area contributed by atoms with Crippen LogP contribution >= 0.6 is 0 Å². The second-order valence-corrected chi connectivity index (χ2v) is 9.52. The van der Waals surface area contributed by atoms with E-state index in [4.69, 9.17) is 4.74 Å². The summed E-state index contributed by atoms with van der Waals surface area (Å²) in [6.45, 7) is 3.29. The summed E-state index contributed by atoms with van der Waals surface area (Å²) in [5.41, 5.74) is 5.75. The second kappa shape index (κ2) is 8.92. The number of morpholine rings is 1. The van der Waals surface area contributed by atoms with Crippen LogP contribution in [-0.4, -0.2) is 44.1 Å². The Bertz CT molecular complexity index is 1680. The SMILES string of the molecule is O=S(=O)(F)Oc1ccc(-c2cnc3cc(-c4ccc(N5CCOCC5)cc4)ccn23)c2ccccc12. The van der Waals surface area contributed by atoms with Crippen molar-refractivity contribution in [2.75, 3.05) is 31.2 Å². The minimum atomic E-state index is -5.14. The zero-order valence-corrected chi connectivity index (χ0v) is 20.0. The van der Waals surface area contributed by atoms with Crippen molar-refractivity contribution in [1.29, 1.82) is 0 Å². The number of aromatic nitrogens is 2. The lowest BCUT2D eigenvalue weighted by molar-refractivity contribution is 0.122. The molecule has 0 aliphatic carbocycles. The van der Waals surface area contributed by atoms with Crippen molar-refractivity contribution in [1.82, 2.24) is 9.38 Å². The highest BCUT2D eigenvalue weighted by molar-refractivity contribution is 7.81. The molecule has 0 radical (unpaired) electrons. The van der Waals surface area contributed by atoms with E-state index in [2.05, 4.69) is 38.3 Å². The van der Waals surface area contributed by atoms with Crippen molar-refractivity contribution in [3.63, 3.8) is 0 Å². The number of imidazole rings is 1. The molecule has 182 valence electrons. The van der Waals surface area contributed by atoms with Crippen LogP contribution in [0.4, 0.5) is 9.57 Å².